The van der Waals surface area contributed by atoms with Gasteiger partial charge in [-0.15, -0.1) is 0 Å². The second-order valence-electron chi connectivity index (χ2n) is 12.5. The lowest BCUT2D eigenvalue weighted by Gasteiger charge is -2.56. The van der Waals surface area contributed by atoms with E-state index in [-0.39, 0.29) is 11.5 Å². The molecular formula is C25H40O. The highest BCUT2D eigenvalue weighted by atomic mass is 16.3. The fourth-order valence-corrected chi connectivity index (χ4v) is 9.42. The van der Waals surface area contributed by atoms with Crippen LogP contribution in [0, 0.1) is 51.2 Å². The van der Waals surface area contributed by atoms with Crippen LogP contribution in [0.15, 0.2) is 11.6 Å². The Morgan fingerprint density at radius 2 is 1.65 bits per heavy atom. The second-order valence-corrected chi connectivity index (χ2v) is 12.5. The third kappa shape index (κ3) is 1.92. The molecule has 1 heteroatoms. The normalized spacial score (nSPS) is 60.0. The molecule has 0 heterocycles. The molecule has 9 atom stereocenters. The van der Waals surface area contributed by atoms with Crippen LogP contribution in [-0.2, 0) is 0 Å². The number of aliphatic hydroxyl groups is 1. The molecule has 0 radical (unpaired) electrons. The molecule has 5 rings (SSSR count). The molecular weight excluding hydrogens is 316 g/mol. The molecule has 1 N–H and O–H groups in total. The SMILES string of the molecule is C[C@@H]1CC[C@H]2[C@H](O)C[C@H]3C(=C[C@]4(C)CC[C@@]5(C)CCC(C)(C)[C@H]5[C@H]34)[C@@]12C. The maximum absolute atomic E-state index is 11.2. The first-order valence-corrected chi connectivity index (χ1v) is 11.4. The summed E-state index contributed by atoms with van der Waals surface area (Å²) >= 11 is 0. The zero-order valence-electron chi connectivity index (χ0n) is 17.9. The molecule has 146 valence electrons. The molecule has 4 fully saturated rings. The van der Waals surface area contributed by atoms with Gasteiger partial charge in [0, 0.05) is 0 Å². The lowest BCUT2D eigenvalue weighted by Crippen LogP contribution is -2.51. The quantitative estimate of drug-likeness (QED) is 0.511. The maximum Gasteiger partial charge on any atom is 0.0582 e. The van der Waals surface area contributed by atoms with E-state index in [1.54, 1.807) is 5.57 Å². The Bertz CT molecular complexity index is 661. The molecule has 0 aliphatic heterocycles. The van der Waals surface area contributed by atoms with Gasteiger partial charge in [0.1, 0.15) is 0 Å². The molecule has 0 aromatic heterocycles. The number of rotatable bonds is 0. The Hall–Kier alpha value is -0.300. The van der Waals surface area contributed by atoms with Crippen molar-refractivity contribution in [1.29, 1.82) is 0 Å². The highest BCUT2D eigenvalue weighted by Crippen LogP contribution is 2.74. The topological polar surface area (TPSA) is 20.2 Å². The molecule has 0 spiro atoms. The van der Waals surface area contributed by atoms with Crippen molar-refractivity contribution < 1.29 is 5.11 Å². The molecule has 0 amide bonds. The van der Waals surface area contributed by atoms with Crippen molar-refractivity contribution >= 4 is 0 Å². The van der Waals surface area contributed by atoms with Crippen LogP contribution in [0.4, 0.5) is 0 Å². The van der Waals surface area contributed by atoms with Crippen molar-refractivity contribution in [2.75, 3.05) is 0 Å². The van der Waals surface area contributed by atoms with Crippen molar-refractivity contribution in [3.63, 3.8) is 0 Å². The van der Waals surface area contributed by atoms with Gasteiger partial charge in [-0.1, -0.05) is 53.2 Å². The summed E-state index contributed by atoms with van der Waals surface area (Å²) in [4.78, 5) is 0. The first-order chi connectivity index (χ1) is 12.0. The van der Waals surface area contributed by atoms with Crippen LogP contribution in [0.25, 0.3) is 0 Å². The standard InChI is InChI=1S/C25H40O/c1-15-7-8-17-19(26)13-16-18(25(15,17)6)14-24(5)12-11-23(4)10-9-22(2,3)21(23)20(16)24/h14-17,19-21,26H,7-13H2,1-6H3/t15-,16+,17+,19-,20+,21-,23-,24+,25+/m1/s1. The minimum atomic E-state index is -0.0767. The minimum absolute atomic E-state index is 0.0767. The van der Waals surface area contributed by atoms with E-state index in [0.717, 1.165) is 24.2 Å². The van der Waals surface area contributed by atoms with Crippen molar-refractivity contribution in [2.24, 2.45) is 51.2 Å². The van der Waals surface area contributed by atoms with Gasteiger partial charge >= 0.3 is 0 Å². The van der Waals surface area contributed by atoms with Gasteiger partial charge in [-0.25, -0.2) is 0 Å². The van der Waals surface area contributed by atoms with Gasteiger partial charge in [0.05, 0.1) is 6.10 Å². The van der Waals surface area contributed by atoms with Crippen LogP contribution in [-0.4, -0.2) is 11.2 Å². The lowest BCUT2D eigenvalue weighted by atomic mass is 9.48. The molecule has 0 bridgehead atoms. The zero-order valence-corrected chi connectivity index (χ0v) is 17.9. The molecule has 5 aliphatic rings. The van der Waals surface area contributed by atoms with Gasteiger partial charge in [-0.2, -0.15) is 0 Å². The van der Waals surface area contributed by atoms with E-state index in [1.807, 2.05) is 0 Å². The van der Waals surface area contributed by atoms with E-state index in [1.165, 1.54) is 38.5 Å². The van der Waals surface area contributed by atoms with Gasteiger partial charge in [-0.3, -0.25) is 0 Å². The maximum atomic E-state index is 11.2. The van der Waals surface area contributed by atoms with Gasteiger partial charge in [0.2, 0.25) is 0 Å². The highest BCUT2D eigenvalue weighted by molar-refractivity contribution is 5.36. The number of allylic oxidation sites excluding steroid dienone is 2. The van der Waals surface area contributed by atoms with Crippen LogP contribution >= 0.6 is 0 Å². The van der Waals surface area contributed by atoms with E-state index in [2.05, 4.69) is 47.6 Å². The monoisotopic (exact) mass is 356 g/mol. The van der Waals surface area contributed by atoms with Crippen molar-refractivity contribution in [3.05, 3.63) is 11.6 Å². The average molecular weight is 357 g/mol. The fourth-order valence-electron chi connectivity index (χ4n) is 9.42. The summed E-state index contributed by atoms with van der Waals surface area (Å²) in [6.45, 7) is 15.3. The number of aliphatic hydroxyl groups excluding tert-OH is 1. The van der Waals surface area contributed by atoms with Crippen LogP contribution < -0.4 is 0 Å². The Morgan fingerprint density at radius 1 is 0.962 bits per heavy atom. The summed E-state index contributed by atoms with van der Waals surface area (Å²) in [6.07, 6.45) is 11.9. The van der Waals surface area contributed by atoms with Crippen LogP contribution in [0.2, 0.25) is 0 Å². The van der Waals surface area contributed by atoms with Crippen molar-refractivity contribution in [3.8, 4) is 0 Å². The van der Waals surface area contributed by atoms with E-state index in [4.69, 9.17) is 0 Å². The molecule has 26 heavy (non-hydrogen) atoms. The van der Waals surface area contributed by atoms with E-state index in [0.29, 0.717) is 28.1 Å². The third-order valence-corrected chi connectivity index (χ3v) is 10.9. The van der Waals surface area contributed by atoms with Gasteiger partial charge in [0.15, 0.2) is 0 Å². The summed E-state index contributed by atoms with van der Waals surface area (Å²) < 4.78 is 0. The Kier molecular flexibility index (Phi) is 3.42. The molecule has 4 saturated carbocycles. The van der Waals surface area contributed by atoms with E-state index in [9.17, 15) is 5.11 Å². The predicted molar refractivity (Wildman–Crippen MR) is 108 cm³/mol. The predicted octanol–water partition coefficient (Wildman–Crippen LogP) is 6.22. The molecule has 0 unspecified atom stereocenters. The molecule has 0 aromatic rings. The average Bonchev–Trinajstić information content (AvgIpc) is 3.11. The fraction of sp³-hybridized carbons (Fsp3) is 0.920. The van der Waals surface area contributed by atoms with Crippen LogP contribution in [0.1, 0.15) is 86.5 Å². The Morgan fingerprint density at radius 3 is 2.38 bits per heavy atom. The molecule has 0 aromatic carbocycles. The Balaban J connectivity index is 1.64. The summed E-state index contributed by atoms with van der Waals surface area (Å²) in [7, 11) is 0. The lowest BCUT2D eigenvalue weighted by molar-refractivity contribution is -0.0772. The summed E-state index contributed by atoms with van der Waals surface area (Å²) in [5.74, 6) is 3.44. The molecule has 5 aliphatic carbocycles. The van der Waals surface area contributed by atoms with Crippen molar-refractivity contribution in [2.45, 2.75) is 92.6 Å². The molecule has 0 saturated heterocycles. The number of hydrogen-bond acceptors (Lipinski definition) is 1. The smallest absolute Gasteiger partial charge is 0.0582 e. The first kappa shape index (κ1) is 17.8. The van der Waals surface area contributed by atoms with Crippen LogP contribution in [0.3, 0.4) is 0 Å². The van der Waals surface area contributed by atoms with Gasteiger partial charge < -0.3 is 5.11 Å². The first-order valence-electron chi connectivity index (χ1n) is 11.4. The van der Waals surface area contributed by atoms with Crippen LogP contribution in [0.5, 0.6) is 0 Å². The summed E-state index contributed by atoms with van der Waals surface area (Å²) in [6, 6.07) is 0. The second kappa shape index (κ2) is 5.00. The summed E-state index contributed by atoms with van der Waals surface area (Å²) in [5, 5.41) is 11.2. The number of hydrogen-bond donors (Lipinski definition) is 1. The highest BCUT2D eigenvalue weighted by Gasteiger charge is 2.67. The molecule has 1 nitrogen and oxygen atoms in total. The largest absolute Gasteiger partial charge is 0.393 e. The zero-order chi connectivity index (χ0) is 18.7. The minimum Gasteiger partial charge on any atom is -0.393 e. The third-order valence-electron chi connectivity index (χ3n) is 10.9. The van der Waals surface area contributed by atoms with Gasteiger partial charge in [-0.05, 0) is 96.2 Å². The number of fused-ring (bicyclic) bond motifs is 7. The van der Waals surface area contributed by atoms with Crippen molar-refractivity contribution in [1.82, 2.24) is 0 Å². The van der Waals surface area contributed by atoms with Gasteiger partial charge in [0.25, 0.3) is 0 Å². The van der Waals surface area contributed by atoms with E-state index < -0.39 is 0 Å². The van der Waals surface area contributed by atoms with E-state index >= 15 is 0 Å². The summed E-state index contributed by atoms with van der Waals surface area (Å²) in [5.41, 5.74) is 3.39. The Labute approximate surface area is 161 Å².